The average Bonchev–Trinajstić information content (AvgIpc) is 2.73. The van der Waals surface area contributed by atoms with E-state index < -0.39 is 10.0 Å². The zero-order valence-corrected chi connectivity index (χ0v) is 12.7. The van der Waals surface area contributed by atoms with E-state index in [0.717, 1.165) is 5.56 Å². The van der Waals surface area contributed by atoms with Gasteiger partial charge >= 0.3 is 0 Å². The summed E-state index contributed by atoms with van der Waals surface area (Å²) in [6.45, 7) is 3.51. The Morgan fingerprint density at radius 1 is 1.35 bits per heavy atom. The zero-order valence-electron chi connectivity index (χ0n) is 11.1. The third kappa shape index (κ3) is 4.06. The molecule has 1 N–H and O–H groups in total. The largest absolute Gasteiger partial charge is 0.360 e. The van der Waals surface area contributed by atoms with Gasteiger partial charge in [0.15, 0.2) is 5.76 Å². The Bertz CT molecular complexity index is 680. The smallest absolute Gasteiger partial charge is 0.219 e. The van der Waals surface area contributed by atoms with Crippen LogP contribution in [-0.2, 0) is 15.8 Å². The summed E-state index contributed by atoms with van der Waals surface area (Å²) in [6.07, 6.45) is 0. The number of aryl methyl sites for hydroxylation is 1. The van der Waals surface area contributed by atoms with Crippen LogP contribution in [0.5, 0.6) is 0 Å². The molecule has 0 aliphatic heterocycles. The SMILES string of the molecule is Cc1cc(CS(=O)(=O)N[C@@H](C)c2ccc(Cl)cc2)on1. The van der Waals surface area contributed by atoms with Crippen LogP contribution in [0, 0.1) is 6.92 Å². The van der Waals surface area contributed by atoms with Crippen LogP contribution in [0.4, 0.5) is 0 Å². The average molecular weight is 315 g/mol. The van der Waals surface area contributed by atoms with Gasteiger partial charge in [-0.15, -0.1) is 0 Å². The van der Waals surface area contributed by atoms with Crippen molar-refractivity contribution in [2.75, 3.05) is 0 Å². The van der Waals surface area contributed by atoms with E-state index in [1.807, 2.05) is 0 Å². The lowest BCUT2D eigenvalue weighted by molar-refractivity contribution is 0.388. The van der Waals surface area contributed by atoms with Gasteiger partial charge in [0.05, 0.1) is 5.69 Å². The van der Waals surface area contributed by atoms with Crippen LogP contribution >= 0.6 is 11.6 Å². The number of sulfonamides is 1. The molecule has 0 spiro atoms. The van der Waals surface area contributed by atoms with Crippen molar-refractivity contribution >= 4 is 21.6 Å². The maximum absolute atomic E-state index is 12.0. The molecule has 1 aromatic carbocycles. The van der Waals surface area contributed by atoms with Crippen molar-refractivity contribution in [3.05, 3.63) is 52.4 Å². The molecule has 0 unspecified atom stereocenters. The first-order valence-corrected chi connectivity index (χ1v) is 8.06. The van der Waals surface area contributed by atoms with Crippen molar-refractivity contribution in [1.82, 2.24) is 9.88 Å². The normalized spacial score (nSPS) is 13.3. The van der Waals surface area contributed by atoms with E-state index in [9.17, 15) is 8.42 Å². The summed E-state index contributed by atoms with van der Waals surface area (Å²) in [7, 11) is -3.50. The van der Waals surface area contributed by atoms with E-state index in [2.05, 4.69) is 9.88 Å². The molecule has 0 saturated carbocycles. The molecular weight excluding hydrogens is 300 g/mol. The molecule has 0 saturated heterocycles. The topological polar surface area (TPSA) is 72.2 Å². The number of nitrogens with zero attached hydrogens (tertiary/aromatic N) is 1. The van der Waals surface area contributed by atoms with Crippen LogP contribution in [-0.4, -0.2) is 13.6 Å². The maximum Gasteiger partial charge on any atom is 0.219 e. The minimum absolute atomic E-state index is 0.230. The van der Waals surface area contributed by atoms with E-state index in [-0.39, 0.29) is 11.8 Å². The van der Waals surface area contributed by atoms with Gasteiger partial charge in [-0.25, -0.2) is 13.1 Å². The lowest BCUT2D eigenvalue weighted by atomic mass is 10.1. The van der Waals surface area contributed by atoms with E-state index in [1.165, 1.54) is 0 Å². The highest BCUT2D eigenvalue weighted by Gasteiger charge is 2.18. The Labute approximate surface area is 123 Å². The van der Waals surface area contributed by atoms with Gasteiger partial charge in [0.1, 0.15) is 5.75 Å². The minimum atomic E-state index is -3.50. The molecule has 20 heavy (non-hydrogen) atoms. The summed E-state index contributed by atoms with van der Waals surface area (Å²) < 4.78 is 31.6. The molecule has 0 aliphatic rings. The van der Waals surface area contributed by atoms with Crippen LogP contribution in [0.3, 0.4) is 0 Å². The molecule has 0 fully saturated rings. The molecule has 0 amide bonds. The fourth-order valence-corrected chi connectivity index (χ4v) is 3.20. The number of aromatic nitrogens is 1. The summed E-state index contributed by atoms with van der Waals surface area (Å²) in [4.78, 5) is 0. The summed E-state index contributed by atoms with van der Waals surface area (Å²) in [5.74, 6) is 0.0875. The molecule has 7 heteroatoms. The highest BCUT2D eigenvalue weighted by atomic mass is 35.5. The van der Waals surface area contributed by atoms with Crippen LogP contribution < -0.4 is 4.72 Å². The predicted octanol–water partition coefficient (Wildman–Crippen LogP) is 2.82. The lowest BCUT2D eigenvalue weighted by Crippen LogP contribution is -2.28. The zero-order chi connectivity index (χ0) is 14.8. The van der Waals surface area contributed by atoms with Gasteiger partial charge in [-0.3, -0.25) is 0 Å². The summed E-state index contributed by atoms with van der Waals surface area (Å²) in [6, 6.07) is 8.28. The fraction of sp³-hybridized carbons (Fsp3) is 0.308. The number of benzene rings is 1. The molecule has 1 heterocycles. The van der Waals surface area contributed by atoms with Crippen molar-refractivity contribution < 1.29 is 12.9 Å². The maximum atomic E-state index is 12.0. The highest BCUT2D eigenvalue weighted by molar-refractivity contribution is 7.88. The first-order valence-electron chi connectivity index (χ1n) is 6.03. The van der Waals surface area contributed by atoms with Crippen LogP contribution in [0.1, 0.15) is 30.0 Å². The Hall–Kier alpha value is -1.37. The van der Waals surface area contributed by atoms with Crippen LogP contribution in [0.25, 0.3) is 0 Å². The second-order valence-corrected chi connectivity index (χ2v) is 6.78. The van der Waals surface area contributed by atoms with E-state index in [1.54, 1.807) is 44.2 Å². The van der Waals surface area contributed by atoms with E-state index in [4.69, 9.17) is 16.1 Å². The highest BCUT2D eigenvalue weighted by Crippen LogP contribution is 2.17. The third-order valence-electron chi connectivity index (χ3n) is 2.74. The predicted molar refractivity (Wildman–Crippen MR) is 76.9 cm³/mol. The molecule has 1 aromatic heterocycles. The van der Waals surface area contributed by atoms with Crippen LogP contribution in [0.15, 0.2) is 34.9 Å². The number of hydrogen-bond acceptors (Lipinski definition) is 4. The van der Waals surface area contributed by atoms with Gasteiger partial charge in [0.2, 0.25) is 10.0 Å². The van der Waals surface area contributed by atoms with Gasteiger partial charge in [0.25, 0.3) is 0 Å². The number of halogens is 1. The molecule has 0 radical (unpaired) electrons. The van der Waals surface area contributed by atoms with Crippen molar-refractivity contribution in [1.29, 1.82) is 0 Å². The quantitative estimate of drug-likeness (QED) is 0.921. The number of rotatable bonds is 5. The lowest BCUT2D eigenvalue weighted by Gasteiger charge is -2.14. The molecule has 2 aromatic rings. The second kappa shape index (κ2) is 5.95. The summed E-state index contributed by atoms with van der Waals surface area (Å²) in [5.41, 5.74) is 1.49. The second-order valence-electron chi connectivity index (χ2n) is 4.58. The van der Waals surface area contributed by atoms with Gasteiger partial charge in [-0.2, -0.15) is 0 Å². The Morgan fingerprint density at radius 2 is 2.00 bits per heavy atom. The van der Waals surface area contributed by atoms with E-state index >= 15 is 0 Å². The van der Waals surface area contributed by atoms with Gasteiger partial charge < -0.3 is 4.52 Å². The van der Waals surface area contributed by atoms with Gasteiger partial charge in [-0.1, -0.05) is 28.9 Å². The van der Waals surface area contributed by atoms with E-state index in [0.29, 0.717) is 16.5 Å². The summed E-state index contributed by atoms with van der Waals surface area (Å²) in [5, 5.41) is 4.28. The number of hydrogen-bond donors (Lipinski definition) is 1. The Balaban J connectivity index is 2.05. The summed E-state index contributed by atoms with van der Waals surface area (Å²) >= 11 is 5.80. The van der Waals surface area contributed by atoms with Gasteiger partial charge in [0, 0.05) is 17.1 Å². The molecule has 0 aliphatic carbocycles. The van der Waals surface area contributed by atoms with Crippen molar-refractivity contribution in [2.24, 2.45) is 0 Å². The Kier molecular flexibility index (Phi) is 4.47. The third-order valence-corrected chi connectivity index (χ3v) is 4.36. The van der Waals surface area contributed by atoms with Gasteiger partial charge in [-0.05, 0) is 31.5 Å². The standard InChI is InChI=1S/C13H15ClN2O3S/c1-9-7-13(19-15-9)8-20(17,18)16-10(2)11-3-5-12(14)6-4-11/h3-7,10,16H,8H2,1-2H3/t10-/m0/s1. The molecular formula is C13H15ClN2O3S. The first-order chi connectivity index (χ1) is 9.35. The van der Waals surface area contributed by atoms with Crippen LogP contribution in [0.2, 0.25) is 5.02 Å². The fourth-order valence-electron chi connectivity index (χ4n) is 1.80. The molecule has 108 valence electrons. The minimum Gasteiger partial charge on any atom is -0.360 e. The van der Waals surface area contributed by atoms with Crippen molar-refractivity contribution in [2.45, 2.75) is 25.6 Å². The molecule has 1 atom stereocenters. The Morgan fingerprint density at radius 3 is 2.55 bits per heavy atom. The molecule has 5 nitrogen and oxygen atoms in total. The molecule has 2 rings (SSSR count). The molecule has 0 bridgehead atoms. The first kappa shape index (κ1) is 15.0. The monoisotopic (exact) mass is 314 g/mol. The van der Waals surface area contributed by atoms with Crippen molar-refractivity contribution in [3.8, 4) is 0 Å². The van der Waals surface area contributed by atoms with Crippen molar-refractivity contribution in [3.63, 3.8) is 0 Å². The number of nitrogens with one attached hydrogen (secondary N) is 1.